The van der Waals surface area contributed by atoms with Crippen LogP contribution in [-0.4, -0.2) is 39.8 Å². The molecule has 1 fully saturated rings. The van der Waals surface area contributed by atoms with E-state index in [1.54, 1.807) is 0 Å². The highest BCUT2D eigenvalue weighted by Crippen LogP contribution is 2.24. The molecule has 1 heterocycles. The number of aldehydes is 1. The van der Waals surface area contributed by atoms with Crippen molar-refractivity contribution in [1.82, 2.24) is 10.6 Å². The molecule has 0 aromatic carbocycles. The molecular formula is C9H19BN2O. The monoisotopic (exact) mass is 182 g/mol. The number of nitrogens with one attached hydrogen (secondary N) is 2. The summed E-state index contributed by atoms with van der Waals surface area (Å²) in [6.07, 6.45) is 4.63. The maximum absolute atomic E-state index is 11.0. The highest BCUT2D eigenvalue weighted by atomic mass is 16.1. The number of hydrogen-bond donors (Lipinski definition) is 2. The van der Waals surface area contributed by atoms with E-state index in [9.17, 15) is 4.79 Å². The second-order valence-corrected chi connectivity index (χ2v) is 3.88. The van der Waals surface area contributed by atoms with Gasteiger partial charge in [0, 0.05) is 13.1 Å². The van der Waals surface area contributed by atoms with Crippen LogP contribution in [0.1, 0.15) is 12.8 Å². The quantitative estimate of drug-likeness (QED) is 0.431. The minimum atomic E-state index is -0.296. The van der Waals surface area contributed by atoms with Crippen molar-refractivity contribution in [2.45, 2.75) is 24.7 Å². The first-order chi connectivity index (χ1) is 6.29. The van der Waals surface area contributed by atoms with E-state index in [2.05, 4.69) is 18.5 Å². The van der Waals surface area contributed by atoms with Crippen molar-refractivity contribution in [3.63, 3.8) is 0 Å². The van der Waals surface area contributed by atoms with Gasteiger partial charge in [-0.15, -0.1) is 0 Å². The van der Waals surface area contributed by atoms with Crippen LogP contribution in [0.2, 0.25) is 6.32 Å². The summed E-state index contributed by atoms with van der Waals surface area (Å²) in [7, 11) is 4.06. The van der Waals surface area contributed by atoms with Crippen molar-refractivity contribution >= 4 is 14.1 Å². The third-order valence-corrected chi connectivity index (χ3v) is 3.12. The fraction of sp³-hybridized carbons (Fsp3) is 0.889. The SMILES string of the molecule is BCCC[C@H]1CNC[C@]1(C=O)NC. The Kier molecular flexibility index (Phi) is 3.94. The van der Waals surface area contributed by atoms with Crippen LogP contribution in [0.4, 0.5) is 0 Å². The molecule has 0 aromatic rings. The molecule has 74 valence electrons. The van der Waals surface area contributed by atoms with Crippen LogP contribution in [0.5, 0.6) is 0 Å². The maximum Gasteiger partial charge on any atom is 0.141 e. The predicted molar refractivity (Wildman–Crippen MR) is 56.8 cm³/mol. The summed E-state index contributed by atoms with van der Waals surface area (Å²) in [5.74, 6) is 0.468. The van der Waals surface area contributed by atoms with Crippen molar-refractivity contribution < 1.29 is 4.79 Å². The molecule has 0 saturated carbocycles. The highest BCUT2D eigenvalue weighted by Gasteiger charge is 2.40. The lowest BCUT2D eigenvalue weighted by Gasteiger charge is -2.28. The van der Waals surface area contributed by atoms with Crippen molar-refractivity contribution in [2.75, 3.05) is 20.1 Å². The molecule has 0 aliphatic carbocycles. The second-order valence-electron chi connectivity index (χ2n) is 3.88. The largest absolute Gasteiger partial charge is 0.314 e. The van der Waals surface area contributed by atoms with E-state index >= 15 is 0 Å². The van der Waals surface area contributed by atoms with E-state index in [1.165, 1.54) is 12.7 Å². The summed E-state index contributed by atoms with van der Waals surface area (Å²) in [4.78, 5) is 11.0. The van der Waals surface area contributed by atoms with Gasteiger partial charge in [0.15, 0.2) is 0 Å². The lowest BCUT2D eigenvalue weighted by Crippen LogP contribution is -2.51. The predicted octanol–water partition coefficient (Wildman–Crippen LogP) is -0.805. The van der Waals surface area contributed by atoms with Gasteiger partial charge in [0.1, 0.15) is 14.1 Å². The molecule has 0 spiro atoms. The van der Waals surface area contributed by atoms with E-state index in [1.807, 2.05) is 7.05 Å². The van der Waals surface area contributed by atoms with Crippen molar-refractivity contribution in [3.8, 4) is 0 Å². The first-order valence-electron chi connectivity index (χ1n) is 5.15. The summed E-state index contributed by atoms with van der Waals surface area (Å²) in [6.45, 7) is 1.75. The van der Waals surface area contributed by atoms with E-state index in [0.717, 1.165) is 25.8 Å². The van der Waals surface area contributed by atoms with Gasteiger partial charge >= 0.3 is 0 Å². The molecule has 0 aromatic heterocycles. The first-order valence-corrected chi connectivity index (χ1v) is 5.15. The number of likely N-dealkylation sites (N-methyl/N-ethyl adjacent to an activating group) is 1. The average molecular weight is 182 g/mol. The molecule has 0 amide bonds. The smallest absolute Gasteiger partial charge is 0.141 e. The lowest BCUT2D eigenvalue weighted by molar-refractivity contribution is -0.114. The molecule has 0 bridgehead atoms. The fourth-order valence-electron chi connectivity index (χ4n) is 2.08. The molecule has 4 heteroatoms. The minimum absolute atomic E-state index is 0.296. The van der Waals surface area contributed by atoms with E-state index < -0.39 is 0 Å². The summed E-state index contributed by atoms with van der Waals surface area (Å²) in [5, 5.41) is 6.44. The first kappa shape index (κ1) is 10.7. The zero-order chi connectivity index (χ0) is 9.73. The van der Waals surface area contributed by atoms with Gasteiger partial charge in [-0.25, -0.2) is 0 Å². The van der Waals surface area contributed by atoms with Crippen molar-refractivity contribution in [1.29, 1.82) is 0 Å². The summed E-state index contributed by atoms with van der Waals surface area (Å²) >= 11 is 0. The van der Waals surface area contributed by atoms with Crippen LogP contribution < -0.4 is 10.6 Å². The van der Waals surface area contributed by atoms with E-state index in [4.69, 9.17) is 0 Å². The number of rotatable bonds is 5. The van der Waals surface area contributed by atoms with Crippen molar-refractivity contribution in [2.24, 2.45) is 5.92 Å². The van der Waals surface area contributed by atoms with Crippen molar-refractivity contribution in [3.05, 3.63) is 0 Å². The fourth-order valence-corrected chi connectivity index (χ4v) is 2.08. The summed E-state index contributed by atoms with van der Waals surface area (Å²) in [6, 6.07) is 0. The zero-order valence-corrected chi connectivity index (χ0v) is 8.60. The molecule has 3 nitrogen and oxygen atoms in total. The van der Waals surface area contributed by atoms with Gasteiger partial charge in [-0.05, 0) is 19.4 Å². The minimum Gasteiger partial charge on any atom is -0.314 e. The Hall–Kier alpha value is -0.345. The topological polar surface area (TPSA) is 41.1 Å². The Morgan fingerprint density at radius 2 is 2.54 bits per heavy atom. The Balaban J connectivity index is 2.55. The summed E-state index contributed by atoms with van der Waals surface area (Å²) in [5.41, 5.74) is -0.296. The lowest BCUT2D eigenvalue weighted by atomic mass is 9.83. The maximum atomic E-state index is 11.0. The number of carbonyl (C=O) groups excluding carboxylic acids is 1. The third-order valence-electron chi connectivity index (χ3n) is 3.12. The Morgan fingerprint density at radius 1 is 1.77 bits per heavy atom. The summed E-state index contributed by atoms with van der Waals surface area (Å²) < 4.78 is 0. The second kappa shape index (κ2) is 4.77. The van der Waals surface area contributed by atoms with E-state index in [0.29, 0.717) is 5.92 Å². The zero-order valence-electron chi connectivity index (χ0n) is 8.60. The van der Waals surface area contributed by atoms with Crippen LogP contribution in [0.25, 0.3) is 0 Å². The Bertz CT molecular complexity index is 177. The number of carbonyl (C=O) groups is 1. The molecule has 2 N–H and O–H groups in total. The van der Waals surface area contributed by atoms with Crippen LogP contribution in [0.3, 0.4) is 0 Å². The molecule has 0 radical (unpaired) electrons. The van der Waals surface area contributed by atoms with Crippen LogP contribution in [-0.2, 0) is 4.79 Å². The van der Waals surface area contributed by atoms with Gasteiger partial charge in [-0.1, -0.05) is 12.7 Å². The third kappa shape index (κ3) is 2.12. The van der Waals surface area contributed by atoms with Crippen LogP contribution >= 0.6 is 0 Å². The molecule has 0 unspecified atom stereocenters. The molecule has 2 atom stereocenters. The Morgan fingerprint density at radius 3 is 3.08 bits per heavy atom. The molecule has 1 aliphatic heterocycles. The van der Waals surface area contributed by atoms with Gasteiger partial charge in [0.05, 0.1) is 5.54 Å². The molecule has 1 rings (SSSR count). The Labute approximate surface area is 81.1 Å². The molecule has 1 saturated heterocycles. The van der Waals surface area contributed by atoms with Gasteiger partial charge in [0.2, 0.25) is 0 Å². The molecule has 1 aliphatic rings. The number of hydrogen-bond acceptors (Lipinski definition) is 3. The van der Waals surface area contributed by atoms with Gasteiger partial charge in [-0.2, -0.15) is 0 Å². The highest BCUT2D eigenvalue weighted by molar-refractivity contribution is 6.08. The van der Waals surface area contributed by atoms with Gasteiger partial charge < -0.3 is 15.4 Å². The molecule has 13 heavy (non-hydrogen) atoms. The van der Waals surface area contributed by atoms with Gasteiger partial charge in [-0.3, -0.25) is 0 Å². The normalized spacial score (nSPS) is 33.5. The van der Waals surface area contributed by atoms with Crippen LogP contribution in [0, 0.1) is 5.92 Å². The average Bonchev–Trinajstić information content (AvgIpc) is 2.58. The van der Waals surface area contributed by atoms with Crippen LogP contribution in [0.15, 0.2) is 0 Å². The standard InChI is InChI=1S/C9H19BN2O/c1-11-9(7-13)6-12-5-8(9)3-2-4-10/h7-8,11-12H,2-6,10H2,1H3/t8-,9+/m0/s1. The molecular weight excluding hydrogens is 163 g/mol. The van der Waals surface area contributed by atoms with Gasteiger partial charge in [0.25, 0.3) is 0 Å². The van der Waals surface area contributed by atoms with E-state index in [-0.39, 0.29) is 5.54 Å².